The predicted octanol–water partition coefficient (Wildman–Crippen LogP) is 3.62. The third kappa shape index (κ3) is 4.22. The van der Waals surface area contributed by atoms with E-state index in [9.17, 15) is 0 Å². The lowest BCUT2D eigenvalue weighted by Crippen LogP contribution is -2.16. The number of ether oxygens (including phenoxy) is 1. The molecule has 0 spiro atoms. The lowest BCUT2D eigenvalue weighted by molar-refractivity contribution is 0.405. The van der Waals surface area contributed by atoms with Gasteiger partial charge in [-0.25, -0.2) is 9.97 Å². The maximum atomic E-state index is 5.34. The Labute approximate surface area is 169 Å². The van der Waals surface area contributed by atoms with E-state index in [2.05, 4.69) is 44.8 Å². The molecule has 4 aromatic rings. The Kier molecular flexibility index (Phi) is 5.44. The van der Waals surface area contributed by atoms with Gasteiger partial charge < -0.3 is 20.3 Å². The molecule has 0 aliphatic rings. The fourth-order valence-electron chi connectivity index (χ4n) is 3.21. The molecule has 4 rings (SSSR count). The molecule has 0 aliphatic carbocycles. The zero-order valence-electron chi connectivity index (χ0n) is 16.9. The van der Waals surface area contributed by atoms with Crippen molar-refractivity contribution in [3.05, 3.63) is 42.7 Å². The summed E-state index contributed by atoms with van der Waals surface area (Å²) in [7, 11) is 5.81. The second-order valence-electron chi connectivity index (χ2n) is 7.14. The van der Waals surface area contributed by atoms with Gasteiger partial charge in [0.25, 0.3) is 0 Å². The minimum atomic E-state index is 0.712. The van der Waals surface area contributed by atoms with Crippen molar-refractivity contribution in [3.8, 4) is 5.75 Å². The van der Waals surface area contributed by atoms with Crippen LogP contribution in [0.15, 0.2) is 42.7 Å². The summed E-state index contributed by atoms with van der Waals surface area (Å²) < 4.78 is 5.34. The van der Waals surface area contributed by atoms with Gasteiger partial charge in [-0.05, 0) is 57.4 Å². The number of anilines is 3. The van der Waals surface area contributed by atoms with E-state index in [1.54, 1.807) is 13.3 Å². The van der Waals surface area contributed by atoms with Crippen LogP contribution in [0.25, 0.3) is 21.8 Å². The molecular weight excluding hydrogens is 366 g/mol. The number of hydrogen-bond donors (Lipinski definition) is 3. The van der Waals surface area contributed by atoms with Crippen LogP contribution in [0.4, 0.5) is 17.3 Å². The van der Waals surface area contributed by atoms with Crippen molar-refractivity contribution in [2.45, 2.75) is 6.42 Å². The molecule has 3 N–H and O–H groups in total. The SMILES string of the molecule is COc1ccc2nc(Nc3ccc(NCCCN(C)C)nc3)c3[nH]ncc3c2c1. The number of hydrogen-bond acceptors (Lipinski definition) is 7. The molecule has 0 saturated carbocycles. The maximum absolute atomic E-state index is 5.34. The number of pyridine rings is 2. The highest BCUT2D eigenvalue weighted by molar-refractivity contribution is 6.09. The number of nitrogens with zero attached hydrogens (tertiary/aromatic N) is 4. The van der Waals surface area contributed by atoms with Gasteiger partial charge in [-0.2, -0.15) is 5.10 Å². The highest BCUT2D eigenvalue weighted by Gasteiger charge is 2.11. The van der Waals surface area contributed by atoms with E-state index >= 15 is 0 Å². The summed E-state index contributed by atoms with van der Waals surface area (Å²) in [6.07, 6.45) is 4.68. The fraction of sp³-hybridized carbons (Fsp3) is 0.286. The molecule has 3 heterocycles. The summed E-state index contributed by atoms with van der Waals surface area (Å²) in [5.41, 5.74) is 2.58. The second-order valence-corrected chi connectivity index (χ2v) is 7.14. The number of benzene rings is 1. The Bertz CT molecular complexity index is 1110. The van der Waals surface area contributed by atoms with E-state index in [0.29, 0.717) is 5.82 Å². The Morgan fingerprint density at radius 3 is 2.76 bits per heavy atom. The summed E-state index contributed by atoms with van der Waals surface area (Å²) in [5.74, 6) is 2.36. The first-order valence-corrected chi connectivity index (χ1v) is 9.56. The van der Waals surface area contributed by atoms with E-state index in [0.717, 1.165) is 58.6 Å². The summed E-state index contributed by atoms with van der Waals surface area (Å²) in [6, 6.07) is 9.79. The molecule has 0 atom stereocenters. The van der Waals surface area contributed by atoms with Crippen LogP contribution >= 0.6 is 0 Å². The molecule has 29 heavy (non-hydrogen) atoms. The highest BCUT2D eigenvalue weighted by Crippen LogP contribution is 2.31. The first-order valence-electron chi connectivity index (χ1n) is 9.56. The molecule has 0 unspecified atom stereocenters. The van der Waals surface area contributed by atoms with Crippen LogP contribution in [-0.2, 0) is 0 Å². The third-order valence-electron chi connectivity index (χ3n) is 4.72. The van der Waals surface area contributed by atoms with Crippen LogP contribution in [0.3, 0.4) is 0 Å². The van der Waals surface area contributed by atoms with Crippen LogP contribution in [-0.4, -0.2) is 59.4 Å². The number of fused-ring (bicyclic) bond motifs is 3. The molecule has 1 aromatic carbocycles. The van der Waals surface area contributed by atoms with Crippen molar-refractivity contribution in [1.29, 1.82) is 0 Å². The fourth-order valence-corrected chi connectivity index (χ4v) is 3.21. The van der Waals surface area contributed by atoms with E-state index in [1.165, 1.54) is 0 Å². The van der Waals surface area contributed by atoms with Crippen LogP contribution in [0.1, 0.15) is 6.42 Å². The molecule has 0 fully saturated rings. The van der Waals surface area contributed by atoms with E-state index in [-0.39, 0.29) is 0 Å². The van der Waals surface area contributed by atoms with Crippen molar-refractivity contribution in [2.75, 3.05) is 44.9 Å². The van der Waals surface area contributed by atoms with E-state index in [1.807, 2.05) is 36.5 Å². The molecule has 0 aliphatic heterocycles. The zero-order valence-corrected chi connectivity index (χ0v) is 16.9. The molecule has 3 aromatic heterocycles. The Morgan fingerprint density at radius 1 is 1.10 bits per heavy atom. The number of aromatic amines is 1. The second kappa shape index (κ2) is 8.32. The molecule has 8 nitrogen and oxygen atoms in total. The first-order chi connectivity index (χ1) is 14.1. The number of aromatic nitrogens is 4. The van der Waals surface area contributed by atoms with Gasteiger partial charge in [0, 0.05) is 17.3 Å². The predicted molar refractivity (Wildman–Crippen MR) is 117 cm³/mol. The highest BCUT2D eigenvalue weighted by atomic mass is 16.5. The molecule has 150 valence electrons. The molecule has 0 bridgehead atoms. The van der Waals surface area contributed by atoms with Crippen LogP contribution in [0, 0.1) is 0 Å². The van der Waals surface area contributed by atoms with Gasteiger partial charge in [0.2, 0.25) is 0 Å². The van der Waals surface area contributed by atoms with Crippen molar-refractivity contribution >= 4 is 39.1 Å². The number of nitrogens with one attached hydrogen (secondary N) is 3. The lowest BCUT2D eigenvalue weighted by Gasteiger charge is -2.11. The summed E-state index contributed by atoms with van der Waals surface area (Å²) in [6.45, 7) is 1.94. The van der Waals surface area contributed by atoms with Gasteiger partial charge >= 0.3 is 0 Å². The normalized spacial score (nSPS) is 11.3. The number of rotatable bonds is 8. The van der Waals surface area contributed by atoms with Crippen molar-refractivity contribution in [1.82, 2.24) is 25.1 Å². The molecule has 8 heteroatoms. The van der Waals surface area contributed by atoms with Gasteiger partial charge in [0.1, 0.15) is 17.1 Å². The maximum Gasteiger partial charge on any atom is 0.157 e. The summed E-state index contributed by atoms with van der Waals surface area (Å²) >= 11 is 0. The van der Waals surface area contributed by atoms with Crippen molar-refractivity contribution in [2.24, 2.45) is 0 Å². The van der Waals surface area contributed by atoms with Gasteiger partial charge in [-0.15, -0.1) is 0 Å². The average molecular weight is 391 g/mol. The summed E-state index contributed by atoms with van der Waals surface area (Å²) in [5, 5.41) is 15.9. The van der Waals surface area contributed by atoms with Gasteiger partial charge in [-0.1, -0.05) is 0 Å². The van der Waals surface area contributed by atoms with Gasteiger partial charge in [0.15, 0.2) is 5.82 Å². The Balaban J connectivity index is 1.53. The van der Waals surface area contributed by atoms with Crippen molar-refractivity contribution in [3.63, 3.8) is 0 Å². The monoisotopic (exact) mass is 391 g/mol. The Morgan fingerprint density at radius 2 is 2.00 bits per heavy atom. The molecule has 0 amide bonds. The largest absolute Gasteiger partial charge is 0.497 e. The minimum Gasteiger partial charge on any atom is -0.497 e. The van der Waals surface area contributed by atoms with Crippen LogP contribution in [0.5, 0.6) is 5.75 Å². The molecule has 0 radical (unpaired) electrons. The first kappa shape index (κ1) is 18.9. The van der Waals surface area contributed by atoms with E-state index in [4.69, 9.17) is 9.72 Å². The molecule has 0 saturated heterocycles. The smallest absolute Gasteiger partial charge is 0.157 e. The van der Waals surface area contributed by atoms with Crippen LogP contribution < -0.4 is 15.4 Å². The average Bonchev–Trinajstić information content (AvgIpc) is 3.23. The number of methoxy groups -OCH3 is 1. The lowest BCUT2D eigenvalue weighted by atomic mass is 10.1. The third-order valence-corrected chi connectivity index (χ3v) is 4.72. The van der Waals surface area contributed by atoms with Gasteiger partial charge in [0.05, 0.1) is 30.7 Å². The standard InChI is InChI=1S/C21H25N7O/c1-28(2)10-4-9-22-19-8-5-14(12-23-19)25-21-20-17(13-24-27-20)16-11-15(29-3)6-7-18(16)26-21/h5-8,11-13H,4,9-10H2,1-3H3,(H,22,23)(H,24,27)(H,25,26). The summed E-state index contributed by atoms with van der Waals surface area (Å²) in [4.78, 5) is 11.4. The van der Waals surface area contributed by atoms with Gasteiger partial charge in [-0.3, -0.25) is 5.10 Å². The quantitative estimate of drug-likeness (QED) is 0.395. The van der Waals surface area contributed by atoms with Crippen LogP contribution in [0.2, 0.25) is 0 Å². The van der Waals surface area contributed by atoms with E-state index < -0.39 is 0 Å². The van der Waals surface area contributed by atoms with Crippen molar-refractivity contribution < 1.29 is 4.74 Å². The zero-order chi connectivity index (χ0) is 20.2. The Hall–Kier alpha value is -3.39. The molecular formula is C21H25N7O. The number of H-pyrrole nitrogens is 1. The topological polar surface area (TPSA) is 91.0 Å². The minimum absolute atomic E-state index is 0.712.